The minimum absolute atomic E-state index is 0.0803. The van der Waals surface area contributed by atoms with Crippen molar-refractivity contribution in [2.45, 2.75) is 37.2 Å². The number of para-hydroxylation sites is 1. The van der Waals surface area contributed by atoms with Crippen LogP contribution < -0.4 is 10.1 Å². The van der Waals surface area contributed by atoms with E-state index in [0.29, 0.717) is 29.7 Å². The summed E-state index contributed by atoms with van der Waals surface area (Å²) in [5, 5.41) is 12.4. The van der Waals surface area contributed by atoms with E-state index in [1.807, 2.05) is 66.1 Å². The van der Waals surface area contributed by atoms with E-state index in [1.165, 1.54) is 23.9 Å². The zero-order chi connectivity index (χ0) is 24.6. The summed E-state index contributed by atoms with van der Waals surface area (Å²) < 4.78 is 20.9. The summed E-state index contributed by atoms with van der Waals surface area (Å²) >= 11 is 1.48. The fraction of sp³-hybridized carbons (Fsp3) is 0.222. The third-order valence-corrected chi connectivity index (χ3v) is 6.49. The van der Waals surface area contributed by atoms with Crippen LogP contribution in [0.15, 0.2) is 78.0 Å². The predicted molar refractivity (Wildman–Crippen MR) is 135 cm³/mol. The molecule has 0 fully saturated rings. The molecule has 1 heterocycles. The number of nitrogens with zero attached hydrogens (tertiary/aromatic N) is 3. The van der Waals surface area contributed by atoms with Crippen LogP contribution in [0, 0.1) is 12.7 Å². The smallest absolute Gasteiger partial charge is 0.220 e. The number of amides is 1. The number of ether oxygens (including phenoxy) is 1. The molecule has 35 heavy (non-hydrogen) atoms. The van der Waals surface area contributed by atoms with Crippen molar-refractivity contribution in [3.8, 4) is 11.4 Å². The normalized spacial score (nSPS) is 10.8. The number of thioether (sulfide) groups is 1. The van der Waals surface area contributed by atoms with Gasteiger partial charge < -0.3 is 10.1 Å². The SMILES string of the molecule is COc1ccccc1CNC(=O)CCc1nnc(SCc2cccc(F)c2)n1-c1ccc(C)cc1. The molecule has 0 saturated heterocycles. The lowest BCUT2D eigenvalue weighted by atomic mass is 10.2. The minimum Gasteiger partial charge on any atom is -0.496 e. The molecule has 0 aliphatic heterocycles. The van der Waals surface area contributed by atoms with E-state index in [4.69, 9.17) is 4.74 Å². The molecule has 4 aromatic rings. The van der Waals surface area contributed by atoms with Gasteiger partial charge in [0.05, 0.1) is 7.11 Å². The van der Waals surface area contributed by atoms with E-state index in [2.05, 4.69) is 15.5 Å². The first-order valence-corrected chi connectivity index (χ1v) is 12.3. The van der Waals surface area contributed by atoms with Crippen molar-refractivity contribution in [2.24, 2.45) is 0 Å². The monoisotopic (exact) mass is 490 g/mol. The molecule has 0 aliphatic rings. The number of hydrogen-bond acceptors (Lipinski definition) is 5. The molecule has 1 aromatic heterocycles. The van der Waals surface area contributed by atoms with Crippen molar-refractivity contribution >= 4 is 17.7 Å². The molecule has 0 atom stereocenters. The number of hydrogen-bond donors (Lipinski definition) is 1. The van der Waals surface area contributed by atoms with Crippen molar-refractivity contribution in [1.82, 2.24) is 20.1 Å². The number of nitrogens with one attached hydrogen (secondary N) is 1. The van der Waals surface area contributed by atoms with Gasteiger partial charge in [0, 0.05) is 36.4 Å². The molecule has 0 bridgehead atoms. The van der Waals surface area contributed by atoms with Gasteiger partial charge in [-0.25, -0.2) is 4.39 Å². The minimum atomic E-state index is -0.261. The Labute approximate surface area is 208 Å². The van der Waals surface area contributed by atoms with Crippen LogP contribution in [0.25, 0.3) is 5.69 Å². The summed E-state index contributed by atoms with van der Waals surface area (Å²) in [6, 6.07) is 22.2. The van der Waals surface area contributed by atoms with Gasteiger partial charge in [-0.1, -0.05) is 59.8 Å². The molecule has 4 rings (SSSR count). The fourth-order valence-corrected chi connectivity index (χ4v) is 4.55. The molecule has 0 unspecified atom stereocenters. The Balaban J connectivity index is 1.46. The zero-order valence-corrected chi connectivity index (χ0v) is 20.5. The number of carbonyl (C=O) groups is 1. The highest BCUT2D eigenvalue weighted by Crippen LogP contribution is 2.26. The van der Waals surface area contributed by atoms with Gasteiger partial charge in [0.15, 0.2) is 5.16 Å². The van der Waals surface area contributed by atoms with Crippen LogP contribution in [0.2, 0.25) is 0 Å². The van der Waals surface area contributed by atoms with Gasteiger partial charge in [-0.15, -0.1) is 10.2 Å². The second-order valence-corrected chi connectivity index (χ2v) is 9.02. The highest BCUT2D eigenvalue weighted by Gasteiger charge is 2.16. The summed E-state index contributed by atoms with van der Waals surface area (Å²) in [6.07, 6.45) is 0.701. The first kappa shape index (κ1) is 24.5. The summed E-state index contributed by atoms with van der Waals surface area (Å²) in [5.41, 5.74) is 3.85. The van der Waals surface area contributed by atoms with Gasteiger partial charge in [0.25, 0.3) is 0 Å². The first-order valence-electron chi connectivity index (χ1n) is 11.3. The maximum atomic E-state index is 13.6. The van der Waals surface area contributed by atoms with E-state index in [1.54, 1.807) is 13.2 Å². The highest BCUT2D eigenvalue weighted by atomic mass is 32.2. The third-order valence-electron chi connectivity index (χ3n) is 5.49. The molecule has 0 spiro atoms. The summed E-state index contributed by atoms with van der Waals surface area (Å²) in [6.45, 7) is 2.42. The number of halogens is 1. The number of methoxy groups -OCH3 is 1. The van der Waals surface area contributed by atoms with Crippen LogP contribution in [0.4, 0.5) is 4.39 Å². The molecule has 1 amide bonds. The standard InChI is InChI=1S/C27H27FN4O2S/c1-19-10-12-23(13-11-19)32-25(30-31-27(32)35-18-20-6-5-8-22(28)16-20)14-15-26(33)29-17-21-7-3-4-9-24(21)34-2/h3-13,16H,14-15,17-18H2,1-2H3,(H,29,33). The van der Waals surface area contributed by atoms with E-state index in [9.17, 15) is 9.18 Å². The molecular weight excluding hydrogens is 463 g/mol. The lowest BCUT2D eigenvalue weighted by Gasteiger charge is -2.12. The fourth-order valence-electron chi connectivity index (χ4n) is 3.64. The summed E-state index contributed by atoms with van der Waals surface area (Å²) in [7, 11) is 1.61. The van der Waals surface area contributed by atoms with Crippen molar-refractivity contribution < 1.29 is 13.9 Å². The van der Waals surface area contributed by atoms with Crippen LogP contribution >= 0.6 is 11.8 Å². The Kier molecular flexibility index (Phi) is 8.15. The molecule has 8 heteroatoms. The summed E-state index contributed by atoms with van der Waals surface area (Å²) in [5.74, 6) is 1.65. The Hall–Kier alpha value is -3.65. The maximum absolute atomic E-state index is 13.6. The first-order chi connectivity index (χ1) is 17.0. The van der Waals surface area contributed by atoms with E-state index in [0.717, 1.165) is 28.1 Å². The molecule has 6 nitrogen and oxygen atoms in total. The summed E-state index contributed by atoms with van der Waals surface area (Å²) in [4.78, 5) is 12.6. The predicted octanol–water partition coefficient (Wildman–Crippen LogP) is 5.26. The molecule has 180 valence electrons. The van der Waals surface area contributed by atoms with Gasteiger partial charge in [0.1, 0.15) is 17.4 Å². The lowest BCUT2D eigenvalue weighted by Crippen LogP contribution is -2.23. The molecule has 0 saturated carbocycles. The largest absolute Gasteiger partial charge is 0.496 e. The van der Waals surface area contributed by atoms with Crippen LogP contribution in [0.1, 0.15) is 28.9 Å². The number of carbonyl (C=O) groups excluding carboxylic acids is 1. The Morgan fingerprint density at radius 2 is 1.86 bits per heavy atom. The van der Waals surface area contributed by atoms with Gasteiger partial charge in [-0.3, -0.25) is 9.36 Å². The molecule has 1 N–H and O–H groups in total. The third kappa shape index (κ3) is 6.48. The van der Waals surface area contributed by atoms with Crippen molar-refractivity contribution in [3.05, 3.63) is 101 Å². The lowest BCUT2D eigenvalue weighted by molar-refractivity contribution is -0.121. The topological polar surface area (TPSA) is 69.0 Å². The second kappa shape index (κ2) is 11.7. The number of rotatable bonds is 10. The quantitative estimate of drug-likeness (QED) is 0.307. The van der Waals surface area contributed by atoms with E-state index >= 15 is 0 Å². The van der Waals surface area contributed by atoms with E-state index < -0.39 is 0 Å². The van der Waals surface area contributed by atoms with Gasteiger partial charge in [-0.05, 0) is 42.8 Å². The van der Waals surface area contributed by atoms with Gasteiger partial charge in [-0.2, -0.15) is 0 Å². The zero-order valence-electron chi connectivity index (χ0n) is 19.7. The van der Waals surface area contributed by atoms with Crippen LogP contribution in [0.5, 0.6) is 5.75 Å². The number of benzene rings is 3. The van der Waals surface area contributed by atoms with Crippen molar-refractivity contribution in [2.75, 3.05) is 7.11 Å². The van der Waals surface area contributed by atoms with Crippen molar-refractivity contribution in [3.63, 3.8) is 0 Å². The van der Waals surface area contributed by atoms with Gasteiger partial charge in [0.2, 0.25) is 5.91 Å². The molecular formula is C27H27FN4O2S. The number of aromatic nitrogens is 3. The molecule has 3 aromatic carbocycles. The van der Waals surface area contributed by atoms with Crippen LogP contribution in [-0.2, 0) is 23.5 Å². The van der Waals surface area contributed by atoms with Crippen molar-refractivity contribution in [1.29, 1.82) is 0 Å². The molecule has 0 radical (unpaired) electrons. The Morgan fingerprint density at radius 3 is 2.63 bits per heavy atom. The molecule has 0 aliphatic carbocycles. The second-order valence-electron chi connectivity index (χ2n) is 8.08. The maximum Gasteiger partial charge on any atom is 0.220 e. The average Bonchev–Trinajstić information content (AvgIpc) is 3.28. The average molecular weight is 491 g/mol. The van der Waals surface area contributed by atoms with Gasteiger partial charge >= 0.3 is 0 Å². The Bertz CT molecular complexity index is 1290. The Morgan fingerprint density at radius 1 is 1.06 bits per heavy atom. The highest BCUT2D eigenvalue weighted by molar-refractivity contribution is 7.98. The van der Waals surface area contributed by atoms with Crippen LogP contribution in [0.3, 0.4) is 0 Å². The van der Waals surface area contributed by atoms with E-state index in [-0.39, 0.29) is 18.1 Å². The van der Waals surface area contributed by atoms with Crippen LogP contribution in [-0.4, -0.2) is 27.8 Å². The number of aryl methyl sites for hydroxylation is 2.